The van der Waals surface area contributed by atoms with Gasteiger partial charge in [0.15, 0.2) is 0 Å². The van der Waals surface area contributed by atoms with Gasteiger partial charge in [-0.2, -0.15) is 13.2 Å². The van der Waals surface area contributed by atoms with Gasteiger partial charge in [0.2, 0.25) is 11.8 Å². The van der Waals surface area contributed by atoms with Gasteiger partial charge >= 0.3 is 6.18 Å². The highest BCUT2D eigenvalue weighted by Crippen LogP contribution is 2.16. The van der Waals surface area contributed by atoms with Crippen molar-refractivity contribution >= 4 is 11.8 Å². The molecular formula is C14H22F3N3O2. The Morgan fingerprint density at radius 1 is 1.41 bits per heavy atom. The van der Waals surface area contributed by atoms with E-state index >= 15 is 0 Å². The molecule has 1 unspecified atom stereocenters. The van der Waals surface area contributed by atoms with E-state index in [1.54, 1.807) is 19.0 Å². The van der Waals surface area contributed by atoms with Crippen LogP contribution < -0.4 is 0 Å². The summed E-state index contributed by atoms with van der Waals surface area (Å²) in [6.07, 6.45) is -0.543. The lowest BCUT2D eigenvalue weighted by Crippen LogP contribution is -2.48. The summed E-state index contributed by atoms with van der Waals surface area (Å²) in [7, 11) is 4.67. The Labute approximate surface area is 128 Å². The van der Waals surface area contributed by atoms with E-state index in [0.717, 1.165) is 4.90 Å². The molecule has 22 heavy (non-hydrogen) atoms. The van der Waals surface area contributed by atoms with Crippen molar-refractivity contribution in [2.45, 2.75) is 25.1 Å². The molecule has 0 spiro atoms. The van der Waals surface area contributed by atoms with Crippen molar-refractivity contribution in [3.8, 4) is 0 Å². The highest BCUT2D eigenvalue weighted by Gasteiger charge is 2.29. The van der Waals surface area contributed by atoms with Crippen LogP contribution in [-0.4, -0.2) is 79.5 Å². The van der Waals surface area contributed by atoms with Crippen LogP contribution in [0.3, 0.4) is 0 Å². The summed E-state index contributed by atoms with van der Waals surface area (Å²) in [5, 5.41) is 0. The van der Waals surface area contributed by atoms with E-state index in [1.165, 1.54) is 24.1 Å². The molecule has 0 aliphatic carbocycles. The predicted molar refractivity (Wildman–Crippen MR) is 76.1 cm³/mol. The Morgan fingerprint density at radius 2 is 2.05 bits per heavy atom. The lowest BCUT2D eigenvalue weighted by Gasteiger charge is -2.35. The number of rotatable bonds is 5. The highest BCUT2D eigenvalue weighted by atomic mass is 19.4. The summed E-state index contributed by atoms with van der Waals surface area (Å²) in [6.45, 7) is -0.498. The van der Waals surface area contributed by atoms with Gasteiger partial charge in [-0.05, 0) is 13.5 Å². The summed E-state index contributed by atoms with van der Waals surface area (Å²) in [5.74, 6) is -0.213. The Balaban J connectivity index is 2.44. The molecule has 1 aliphatic heterocycles. The van der Waals surface area contributed by atoms with Crippen molar-refractivity contribution in [3.63, 3.8) is 0 Å². The lowest BCUT2D eigenvalue weighted by atomic mass is 10.0. The molecule has 1 saturated heterocycles. The zero-order valence-corrected chi connectivity index (χ0v) is 13.1. The molecule has 0 saturated carbocycles. The number of nitrogens with zero attached hydrogens (tertiary/aromatic N) is 3. The number of hydrogen-bond donors (Lipinski definition) is 0. The van der Waals surface area contributed by atoms with E-state index in [4.69, 9.17) is 0 Å². The van der Waals surface area contributed by atoms with Crippen LogP contribution in [0.15, 0.2) is 12.2 Å². The fraction of sp³-hybridized carbons (Fsp3) is 0.714. The molecule has 8 heteroatoms. The second-order valence-electron chi connectivity index (χ2n) is 5.63. The monoisotopic (exact) mass is 321 g/mol. The van der Waals surface area contributed by atoms with Gasteiger partial charge in [-0.25, -0.2) is 0 Å². The topological polar surface area (TPSA) is 43.9 Å². The van der Waals surface area contributed by atoms with Gasteiger partial charge < -0.3 is 9.80 Å². The van der Waals surface area contributed by atoms with Crippen molar-refractivity contribution in [2.75, 3.05) is 40.8 Å². The number of piperidine rings is 1. The fourth-order valence-electron chi connectivity index (χ4n) is 2.31. The van der Waals surface area contributed by atoms with Crippen LogP contribution in [0.5, 0.6) is 0 Å². The number of carbonyl (C=O) groups excluding carboxylic acids is 2. The van der Waals surface area contributed by atoms with Crippen LogP contribution in [0.2, 0.25) is 0 Å². The molecule has 0 aromatic carbocycles. The lowest BCUT2D eigenvalue weighted by molar-refractivity contribution is -0.142. The molecule has 2 amide bonds. The summed E-state index contributed by atoms with van der Waals surface area (Å²) in [4.78, 5) is 27.6. The molecule has 0 bridgehead atoms. The van der Waals surface area contributed by atoms with Crippen molar-refractivity contribution in [1.29, 1.82) is 0 Å². The predicted octanol–water partition coefficient (Wildman–Crippen LogP) is 1.12. The average molecular weight is 321 g/mol. The van der Waals surface area contributed by atoms with Crippen molar-refractivity contribution in [3.05, 3.63) is 12.2 Å². The van der Waals surface area contributed by atoms with Crippen LogP contribution >= 0.6 is 0 Å². The Kier molecular flexibility index (Phi) is 6.40. The van der Waals surface area contributed by atoms with E-state index in [-0.39, 0.29) is 24.4 Å². The third-order valence-electron chi connectivity index (χ3n) is 3.62. The van der Waals surface area contributed by atoms with Crippen LogP contribution in [0.25, 0.3) is 0 Å². The highest BCUT2D eigenvalue weighted by molar-refractivity contribution is 5.88. The van der Waals surface area contributed by atoms with Crippen molar-refractivity contribution < 1.29 is 22.8 Å². The number of likely N-dealkylation sites (tertiary alicyclic amines) is 1. The zero-order chi connectivity index (χ0) is 16.9. The number of likely N-dealkylation sites (N-methyl/N-ethyl adjacent to an activating group) is 3. The molecule has 1 fully saturated rings. The largest absolute Gasteiger partial charge is 0.401 e. The third-order valence-corrected chi connectivity index (χ3v) is 3.62. The molecule has 0 aromatic rings. The molecule has 126 valence electrons. The average Bonchev–Trinajstić information content (AvgIpc) is 2.38. The quantitative estimate of drug-likeness (QED) is 0.713. The van der Waals surface area contributed by atoms with Crippen LogP contribution in [-0.2, 0) is 9.59 Å². The molecule has 5 nitrogen and oxygen atoms in total. The summed E-state index contributed by atoms with van der Waals surface area (Å²) >= 11 is 0. The number of amides is 2. The Hall–Kier alpha value is -1.57. The molecule has 1 heterocycles. The molecule has 0 N–H and O–H groups in total. The minimum atomic E-state index is -4.25. The molecule has 1 rings (SSSR count). The summed E-state index contributed by atoms with van der Waals surface area (Å²) in [6, 6.07) is -0.0623. The first-order valence-electron chi connectivity index (χ1n) is 7.02. The third kappa shape index (κ3) is 6.05. The minimum Gasteiger partial charge on any atom is -0.344 e. The summed E-state index contributed by atoms with van der Waals surface area (Å²) < 4.78 is 36.5. The maximum Gasteiger partial charge on any atom is 0.401 e. The molecule has 0 radical (unpaired) electrons. The van der Waals surface area contributed by atoms with E-state index < -0.39 is 12.7 Å². The first kappa shape index (κ1) is 18.5. The summed E-state index contributed by atoms with van der Waals surface area (Å²) in [5.41, 5.74) is 0. The second-order valence-corrected chi connectivity index (χ2v) is 5.63. The molecule has 1 aliphatic rings. The molecule has 0 aromatic heterocycles. The maximum atomic E-state index is 12.2. The number of alkyl halides is 3. The van der Waals surface area contributed by atoms with Gasteiger partial charge in [0.05, 0.1) is 6.54 Å². The smallest absolute Gasteiger partial charge is 0.344 e. The maximum absolute atomic E-state index is 12.2. The van der Waals surface area contributed by atoms with Gasteiger partial charge in [0, 0.05) is 45.7 Å². The number of halogens is 3. The van der Waals surface area contributed by atoms with Gasteiger partial charge in [-0.1, -0.05) is 6.08 Å². The van der Waals surface area contributed by atoms with Crippen molar-refractivity contribution in [1.82, 2.24) is 14.7 Å². The standard InChI is InChI=1S/C14H22F3N3O2/c1-18(10-14(15,16)17)8-4-5-13(22)20(3)11-6-7-12(21)19(2)9-11/h4-5,11H,6-10H2,1-3H3/b5-4+. The van der Waals surface area contributed by atoms with Gasteiger partial charge in [-0.15, -0.1) is 0 Å². The van der Waals surface area contributed by atoms with Crippen molar-refractivity contribution in [2.24, 2.45) is 0 Å². The minimum absolute atomic E-state index is 0.0438. The van der Waals surface area contributed by atoms with Crippen LogP contribution in [0.1, 0.15) is 12.8 Å². The fourth-order valence-corrected chi connectivity index (χ4v) is 2.31. The van der Waals surface area contributed by atoms with E-state index in [1.807, 2.05) is 0 Å². The zero-order valence-electron chi connectivity index (χ0n) is 13.1. The van der Waals surface area contributed by atoms with E-state index in [0.29, 0.717) is 19.4 Å². The first-order chi connectivity index (χ1) is 10.1. The SMILES string of the molecule is CN(C/C=C/C(=O)N(C)C1CCC(=O)N(C)C1)CC(F)(F)F. The molecular weight excluding hydrogens is 299 g/mol. The normalized spacial score (nSPS) is 20.0. The Morgan fingerprint density at radius 3 is 2.59 bits per heavy atom. The van der Waals surface area contributed by atoms with Gasteiger partial charge in [0.1, 0.15) is 0 Å². The Bertz CT molecular complexity index is 438. The van der Waals surface area contributed by atoms with Gasteiger partial charge in [0.25, 0.3) is 0 Å². The van der Waals surface area contributed by atoms with Gasteiger partial charge in [-0.3, -0.25) is 14.5 Å². The number of hydrogen-bond acceptors (Lipinski definition) is 3. The van der Waals surface area contributed by atoms with Crippen LogP contribution in [0.4, 0.5) is 13.2 Å². The number of carbonyl (C=O) groups is 2. The second kappa shape index (κ2) is 7.62. The first-order valence-corrected chi connectivity index (χ1v) is 7.02. The van der Waals surface area contributed by atoms with E-state index in [9.17, 15) is 22.8 Å². The molecule has 1 atom stereocenters. The van der Waals surface area contributed by atoms with Crippen LogP contribution in [0, 0.1) is 0 Å². The van der Waals surface area contributed by atoms with E-state index in [2.05, 4.69) is 0 Å².